The zero-order valence-electron chi connectivity index (χ0n) is 6.26. The quantitative estimate of drug-likeness (QED) is 0.675. The second-order valence-corrected chi connectivity index (χ2v) is 6.04. The van der Waals surface area contributed by atoms with Crippen LogP contribution in [0.4, 0.5) is 8.78 Å². The lowest BCUT2D eigenvalue weighted by atomic mass is 10.2. The van der Waals surface area contributed by atoms with Crippen molar-refractivity contribution in [1.29, 1.82) is 0 Å². The molecule has 0 N–H and O–H groups in total. The third kappa shape index (κ3) is 1.88. The lowest BCUT2D eigenvalue weighted by molar-refractivity contribution is 0.242. The molecule has 0 aromatic carbocycles. The monoisotopic (exact) mass is 218 g/mol. The molecule has 1 rings (SSSR count). The van der Waals surface area contributed by atoms with Gasteiger partial charge in [0.15, 0.2) is 0 Å². The number of hydrogen-bond donors (Lipinski definition) is 0. The van der Waals surface area contributed by atoms with Gasteiger partial charge in [-0.2, -0.15) is 0 Å². The Labute approximate surface area is 74.3 Å². The van der Waals surface area contributed by atoms with Crippen molar-refractivity contribution in [2.45, 2.75) is 30.2 Å². The highest BCUT2D eigenvalue weighted by molar-refractivity contribution is 8.15. The Morgan fingerprint density at radius 2 is 2.00 bits per heavy atom. The molecule has 0 spiro atoms. The molecular formula is C6H9ClF2O2S. The van der Waals surface area contributed by atoms with Crippen LogP contribution in [0.2, 0.25) is 0 Å². The Morgan fingerprint density at radius 1 is 1.50 bits per heavy atom. The molecule has 0 aliphatic heterocycles. The van der Waals surface area contributed by atoms with E-state index in [0.717, 1.165) is 0 Å². The van der Waals surface area contributed by atoms with Crippen LogP contribution >= 0.6 is 10.7 Å². The van der Waals surface area contributed by atoms with Gasteiger partial charge in [-0.3, -0.25) is 0 Å². The minimum absolute atomic E-state index is 0.310. The normalized spacial score (nSPS) is 23.6. The number of halogens is 3. The van der Waals surface area contributed by atoms with E-state index in [1.54, 1.807) is 0 Å². The van der Waals surface area contributed by atoms with E-state index in [4.69, 9.17) is 10.7 Å². The maximum atomic E-state index is 12.5. The van der Waals surface area contributed by atoms with E-state index in [0.29, 0.717) is 12.8 Å². The third-order valence-corrected chi connectivity index (χ3v) is 4.68. The van der Waals surface area contributed by atoms with Gasteiger partial charge < -0.3 is 0 Å². The molecule has 0 unspecified atom stereocenters. The van der Waals surface area contributed by atoms with Crippen LogP contribution in [0.25, 0.3) is 0 Å². The summed E-state index contributed by atoms with van der Waals surface area (Å²) in [6.07, 6.45) is -1.32. The van der Waals surface area contributed by atoms with Gasteiger partial charge in [-0.1, -0.05) is 0 Å². The first-order valence-corrected chi connectivity index (χ1v) is 5.86. The minimum atomic E-state index is -3.73. The van der Waals surface area contributed by atoms with Gasteiger partial charge >= 0.3 is 0 Å². The van der Waals surface area contributed by atoms with Gasteiger partial charge in [-0.15, -0.1) is 0 Å². The minimum Gasteiger partial charge on any atom is -0.248 e. The van der Waals surface area contributed by atoms with Crippen LogP contribution in [0.5, 0.6) is 0 Å². The fourth-order valence-corrected chi connectivity index (χ4v) is 2.77. The summed E-state index contributed by atoms with van der Waals surface area (Å²) in [7, 11) is 1.34. The van der Waals surface area contributed by atoms with Gasteiger partial charge in [0.1, 0.15) is 12.8 Å². The van der Waals surface area contributed by atoms with Gasteiger partial charge in [-0.05, 0) is 12.8 Å². The molecule has 0 saturated heterocycles. The molecule has 0 aromatic heterocycles. The summed E-state index contributed by atoms with van der Waals surface area (Å²) in [6.45, 7) is -1.14. The lowest BCUT2D eigenvalue weighted by Gasteiger charge is -2.11. The van der Waals surface area contributed by atoms with E-state index >= 15 is 0 Å². The number of rotatable bonds is 4. The standard InChI is InChI=1S/C6H9ClF2O2S/c7-12(10,11)6(1-2-6)3-5(9)4-8/h5H,1-4H2/t5-/m1/s1. The van der Waals surface area contributed by atoms with E-state index in [1.165, 1.54) is 0 Å². The van der Waals surface area contributed by atoms with E-state index in [1.807, 2.05) is 0 Å². The van der Waals surface area contributed by atoms with Gasteiger partial charge in [-0.25, -0.2) is 17.2 Å². The van der Waals surface area contributed by atoms with Crippen LogP contribution in [0.3, 0.4) is 0 Å². The Hall–Kier alpha value is 0.1000. The second kappa shape index (κ2) is 3.10. The zero-order chi connectivity index (χ0) is 9.41. The summed E-state index contributed by atoms with van der Waals surface area (Å²) in [5.41, 5.74) is 0. The average Bonchev–Trinajstić information content (AvgIpc) is 2.67. The molecule has 1 aliphatic rings. The summed E-state index contributed by atoms with van der Waals surface area (Å²) in [5, 5.41) is 0. The summed E-state index contributed by atoms with van der Waals surface area (Å²) in [5.74, 6) is 0. The summed E-state index contributed by atoms with van der Waals surface area (Å²) >= 11 is 0. The predicted octanol–water partition coefficient (Wildman–Crippen LogP) is 1.79. The molecular weight excluding hydrogens is 210 g/mol. The number of hydrogen-bond acceptors (Lipinski definition) is 2. The fourth-order valence-electron chi connectivity index (χ4n) is 1.15. The zero-order valence-corrected chi connectivity index (χ0v) is 7.84. The Bertz CT molecular complexity index is 261. The van der Waals surface area contributed by atoms with Crippen molar-refractivity contribution in [3.63, 3.8) is 0 Å². The molecule has 6 heteroatoms. The van der Waals surface area contributed by atoms with Gasteiger partial charge in [0.2, 0.25) is 9.05 Å². The molecule has 0 aromatic rings. The van der Waals surface area contributed by atoms with Gasteiger partial charge in [0.25, 0.3) is 0 Å². The SMILES string of the molecule is O=S(=O)(Cl)C1(C[C@@H](F)CF)CC1. The molecule has 0 bridgehead atoms. The predicted molar refractivity (Wildman–Crippen MR) is 42.2 cm³/mol. The van der Waals surface area contributed by atoms with Crippen LogP contribution in [-0.4, -0.2) is 26.0 Å². The Kier molecular flexibility index (Phi) is 2.63. The Balaban J connectivity index is 2.63. The summed E-state index contributed by atoms with van der Waals surface area (Å²) in [4.78, 5) is 0. The molecule has 12 heavy (non-hydrogen) atoms. The maximum Gasteiger partial charge on any atom is 0.238 e. The largest absolute Gasteiger partial charge is 0.248 e. The highest BCUT2D eigenvalue weighted by Crippen LogP contribution is 2.49. The van der Waals surface area contributed by atoms with Crippen LogP contribution in [-0.2, 0) is 9.05 Å². The first-order chi connectivity index (χ1) is 5.41. The number of alkyl halides is 2. The Morgan fingerprint density at radius 3 is 2.25 bits per heavy atom. The van der Waals surface area contributed by atoms with Crippen molar-refractivity contribution in [2.75, 3.05) is 6.67 Å². The van der Waals surface area contributed by atoms with E-state index < -0.39 is 26.6 Å². The average molecular weight is 219 g/mol. The topological polar surface area (TPSA) is 34.1 Å². The maximum absolute atomic E-state index is 12.5. The smallest absolute Gasteiger partial charge is 0.238 e. The van der Waals surface area contributed by atoms with E-state index in [-0.39, 0.29) is 6.42 Å². The molecule has 0 heterocycles. The van der Waals surface area contributed by atoms with Crippen molar-refractivity contribution in [1.82, 2.24) is 0 Å². The van der Waals surface area contributed by atoms with Crippen molar-refractivity contribution in [2.24, 2.45) is 0 Å². The third-order valence-electron chi connectivity index (χ3n) is 2.09. The van der Waals surface area contributed by atoms with Crippen molar-refractivity contribution in [3.8, 4) is 0 Å². The van der Waals surface area contributed by atoms with Crippen molar-refractivity contribution >= 4 is 19.7 Å². The van der Waals surface area contributed by atoms with Crippen molar-refractivity contribution in [3.05, 3.63) is 0 Å². The summed E-state index contributed by atoms with van der Waals surface area (Å²) in [6, 6.07) is 0. The van der Waals surface area contributed by atoms with Gasteiger partial charge in [0.05, 0.1) is 4.75 Å². The highest BCUT2D eigenvalue weighted by atomic mass is 35.7. The fraction of sp³-hybridized carbons (Fsp3) is 1.00. The molecule has 1 atom stereocenters. The first-order valence-electron chi connectivity index (χ1n) is 3.55. The van der Waals surface area contributed by atoms with E-state index in [2.05, 4.69) is 0 Å². The van der Waals surface area contributed by atoms with Gasteiger partial charge in [0, 0.05) is 17.1 Å². The van der Waals surface area contributed by atoms with Crippen LogP contribution < -0.4 is 0 Å². The van der Waals surface area contributed by atoms with E-state index in [9.17, 15) is 17.2 Å². The second-order valence-electron chi connectivity index (χ2n) is 3.08. The molecule has 1 fully saturated rings. The molecule has 1 saturated carbocycles. The molecule has 1 aliphatic carbocycles. The van der Waals surface area contributed by atoms with Crippen LogP contribution in [0.1, 0.15) is 19.3 Å². The molecule has 2 nitrogen and oxygen atoms in total. The molecule has 0 radical (unpaired) electrons. The lowest BCUT2D eigenvalue weighted by Crippen LogP contribution is -2.23. The van der Waals surface area contributed by atoms with Crippen LogP contribution in [0, 0.1) is 0 Å². The highest BCUT2D eigenvalue weighted by Gasteiger charge is 2.54. The summed E-state index contributed by atoms with van der Waals surface area (Å²) < 4.78 is 44.7. The van der Waals surface area contributed by atoms with Crippen molar-refractivity contribution < 1.29 is 17.2 Å². The molecule has 72 valence electrons. The van der Waals surface area contributed by atoms with Crippen LogP contribution in [0.15, 0.2) is 0 Å². The first kappa shape index (κ1) is 10.2. The molecule has 0 amide bonds.